The molecule has 0 N–H and O–H groups in total. The molecule has 0 bridgehead atoms. The van der Waals surface area contributed by atoms with Crippen LogP contribution in [-0.4, -0.2) is 28.3 Å². The summed E-state index contributed by atoms with van der Waals surface area (Å²) in [4.78, 5) is 30.5. The molecule has 112 valence electrons. The number of rotatable bonds is 3. The summed E-state index contributed by atoms with van der Waals surface area (Å²) < 4.78 is 1.88. The van der Waals surface area contributed by atoms with E-state index in [0.29, 0.717) is 16.4 Å². The molecule has 1 amide bonds. The van der Waals surface area contributed by atoms with Crippen molar-refractivity contribution in [2.24, 2.45) is 7.05 Å². The number of carbonyl (C=O) groups is 2. The van der Waals surface area contributed by atoms with E-state index in [4.69, 9.17) is 0 Å². The molecule has 0 radical (unpaired) electrons. The quantitative estimate of drug-likeness (QED) is 0.698. The van der Waals surface area contributed by atoms with E-state index in [-0.39, 0.29) is 11.7 Å². The number of nitrogens with zero attached hydrogens (tertiary/aromatic N) is 3. The molecule has 0 aliphatic carbocycles. The van der Waals surface area contributed by atoms with Crippen LogP contribution in [0.1, 0.15) is 27.0 Å². The number of thiophene rings is 1. The molecule has 2 heterocycles. The number of hydrogen-bond donors (Lipinski definition) is 0. The number of carbonyl (C=O) groups excluding carboxylic acids is 2. The number of Topliss-reactive ketones (excluding diaryl/α,β-unsaturated/α-hetero) is 1. The molecule has 0 saturated heterocycles. The Labute approximate surface area is 131 Å². The fourth-order valence-electron chi connectivity index (χ4n) is 2.32. The minimum Gasteiger partial charge on any atom is -0.313 e. The first kappa shape index (κ1) is 14.5. The van der Waals surface area contributed by atoms with E-state index in [9.17, 15) is 9.59 Å². The van der Waals surface area contributed by atoms with E-state index in [1.165, 1.54) is 23.2 Å². The van der Waals surface area contributed by atoms with Crippen molar-refractivity contribution in [1.29, 1.82) is 0 Å². The highest BCUT2D eigenvalue weighted by molar-refractivity contribution is 7.12. The lowest BCUT2D eigenvalue weighted by atomic mass is 10.2. The fourth-order valence-corrected chi connectivity index (χ4v) is 3.24. The molecule has 0 saturated carbocycles. The Balaban J connectivity index is 1.97. The number of fused-ring (bicyclic) bond motifs is 1. The van der Waals surface area contributed by atoms with Gasteiger partial charge >= 0.3 is 0 Å². The lowest BCUT2D eigenvalue weighted by Crippen LogP contribution is -2.28. The van der Waals surface area contributed by atoms with Crippen molar-refractivity contribution < 1.29 is 9.59 Å². The van der Waals surface area contributed by atoms with Crippen LogP contribution in [0.4, 0.5) is 5.95 Å². The maximum atomic E-state index is 12.6. The molecule has 0 spiro atoms. The number of ketones is 1. The van der Waals surface area contributed by atoms with Gasteiger partial charge in [-0.3, -0.25) is 14.5 Å². The van der Waals surface area contributed by atoms with E-state index >= 15 is 0 Å². The average Bonchev–Trinajstić information content (AvgIpc) is 3.12. The first-order valence-corrected chi connectivity index (χ1v) is 7.66. The van der Waals surface area contributed by atoms with Gasteiger partial charge in [0.25, 0.3) is 5.91 Å². The molecule has 3 rings (SSSR count). The fraction of sp³-hybridized carbons (Fsp3) is 0.188. The summed E-state index contributed by atoms with van der Waals surface area (Å²) in [6.45, 7) is 1.49. The monoisotopic (exact) mass is 313 g/mol. The minimum absolute atomic E-state index is 0.0410. The van der Waals surface area contributed by atoms with Crippen LogP contribution in [-0.2, 0) is 7.05 Å². The Bertz CT molecular complexity index is 879. The number of aryl methyl sites for hydroxylation is 1. The zero-order chi connectivity index (χ0) is 15.9. The number of anilines is 1. The normalized spacial score (nSPS) is 10.9. The van der Waals surface area contributed by atoms with Crippen molar-refractivity contribution in [3.63, 3.8) is 0 Å². The molecule has 6 heteroatoms. The summed E-state index contributed by atoms with van der Waals surface area (Å²) in [6, 6.07) is 9.36. The second kappa shape index (κ2) is 5.38. The standard InChI is InChI=1S/C16H15N3O2S/c1-10(20)11-8-14(22-9-11)15(21)19(3)16-17-12-6-4-5-7-13(12)18(16)2/h4-9H,1-3H3. The van der Waals surface area contributed by atoms with Crippen molar-refractivity contribution >= 4 is 40.0 Å². The van der Waals surface area contributed by atoms with Crippen molar-refractivity contribution in [2.45, 2.75) is 6.92 Å². The molecule has 0 aliphatic rings. The highest BCUT2D eigenvalue weighted by Crippen LogP contribution is 2.23. The summed E-state index contributed by atoms with van der Waals surface area (Å²) >= 11 is 1.27. The number of imidazole rings is 1. The van der Waals surface area contributed by atoms with Crippen molar-refractivity contribution in [3.8, 4) is 0 Å². The van der Waals surface area contributed by atoms with E-state index < -0.39 is 0 Å². The molecule has 5 nitrogen and oxygen atoms in total. The molecule has 0 atom stereocenters. The molecule has 3 aromatic rings. The summed E-state index contributed by atoms with van der Waals surface area (Å²) in [5.74, 6) is 0.362. The highest BCUT2D eigenvalue weighted by Gasteiger charge is 2.21. The largest absolute Gasteiger partial charge is 0.313 e. The van der Waals surface area contributed by atoms with E-state index in [0.717, 1.165) is 11.0 Å². The third kappa shape index (κ3) is 2.31. The predicted octanol–water partition coefficient (Wildman–Crippen LogP) is 3.11. The Morgan fingerprint density at radius 2 is 2.00 bits per heavy atom. The topological polar surface area (TPSA) is 55.2 Å². The van der Waals surface area contributed by atoms with Gasteiger partial charge in [0.1, 0.15) is 0 Å². The van der Waals surface area contributed by atoms with Gasteiger partial charge in [-0.1, -0.05) is 12.1 Å². The van der Waals surface area contributed by atoms with Crippen LogP contribution in [0.3, 0.4) is 0 Å². The van der Waals surface area contributed by atoms with Crippen molar-refractivity contribution in [2.75, 3.05) is 11.9 Å². The zero-order valence-corrected chi connectivity index (χ0v) is 13.3. The van der Waals surface area contributed by atoms with Gasteiger partial charge in [-0.25, -0.2) is 4.98 Å². The van der Waals surface area contributed by atoms with E-state index in [1.807, 2.05) is 35.9 Å². The van der Waals surface area contributed by atoms with Gasteiger partial charge < -0.3 is 4.57 Å². The van der Waals surface area contributed by atoms with Crippen molar-refractivity contribution in [3.05, 3.63) is 46.2 Å². The maximum absolute atomic E-state index is 12.6. The van der Waals surface area contributed by atoms with Crippen molar-refractivity contribution in [1.82, 2.24) is 9.55 Å². The van der Waals surface area contributed by atoms with Crippen LogP contribution in [0.5, 0.6) is 0 Å². The zero-order valence-electron chi connectivity index (χ0n) is 12.5. The molecule has 0 aliphatic heterocycles. The summed E-state index contributed by atoms with van der Waals surface area (Å²) in [5.41, 5.74) is 2.37. The predicted molar refractivity (Wildman–Crippen MR) is 87.8 cm³/mol. The summed E-state index contributed by atoms with van der Waals surface area (Å²) in [6.07, 6.45) is 0. The highest BCUT2D eigenvalue weighted by atomic mass is 32.1. The average molecular weight is 313 g/mol. The lowest BCUT2D eigenvalue weighted by Gasteiger charge is -2.15. The summed E-state index contributed by atoms with van der Waals surface area (Å²) in [5, 5.41) is 1.71. The minimum atomic E-state index is -0.170. The van der Waals surface area contributed by atoms with Gasteiger partial charge in [0, 0.05) is 25.0 Å². The van der Waals surface area contributed by atoms with Crippen LogP contribution in [0.25, 0.3) is 11.0 Å². The Kier molecular flexibility index (Phi) is 3.54. The molecule has 2 aromatic heterocycles. The second-order valence-electron chi connectivity index (χ2n) is 5.08. The van der Waals surface area contributed by atoms with Crippen LogP contribution in [0.15, 0.2) is 35.7 Å². The molecule has 1 aromatic carbocycles. The Morgan fingerprint density at radius 3 is 2.64 bits per heavy atom. The lowest BCUT2D eigenvalue weighted by molar-refractivity contribution is 0.0994. The van der Waals surface area contributed by atoms with Gasteiger partial charge in [-0.15, -0.1) is 11.3 Å². The first-order chi connectivity index (χ1) is 10.5. The summed E-state index contributed by atoms with van der Waals surface area (Å²) in [7, 11) is 3.57. The van der Waals surface area contributed by atoms with Gasteiger partial charge in [0.2, 0.25) is 5.95 Å². The third-order valence-electron chi connectivity index (χ3n) is 3.58. The molecular weight excluding hydrogens is 298 g/mol. The second-order valence-corrected chi connectivity index (χ2v) is 5.99. The number of hydrogen-bond acceptors (Lipinski definition) is 4. The molecule has 22 heavy (non-hydrogen) atoms. The molecule has 0 unspecified atom stereocenters. The first-order valence-electron chi connectivity index (χ1n) is 6.78. The molecule has 0 fully saturated rings. The third-order valence-corrected chi connectivity index (χ3v) is 4.50. The number of aromatic nitrogens is 2. The number of para-hydroxylation sites is 2. The SMILES string of the molecule is CC(=O)c1csc(C(=O)N(C)c2nc3ccccc3n2C)c1. The van der Waals surface area contributed by atoms with Gasteiger partial charge in [-0.2, -0.15) is 0 Å². The van der Waals surface area contributed by atoms with Crippen LogP contribution < -0.4 is 4.90 Å². The Hall–Kier alpha value is -2.47. The van der Waals surface area contributed by atoms with Gasteiger partial charge in [-0.05, 0) is 25.1 Å². The maximum Gasteiger partial charge on any atom is 0.270 e. The number of amides is 1. The van der Waals surface area contributed by atoms with E-state index in [2.05, 4.69) is 4.98 Å². The van der Waals surface area contributed by atoms with Crippen LogP contribution in [0.2, 0.25) is 0 Å². The Morgan fingerprint density at radius 1 is 1.27 bits per heavy atom. The number of benzene rings is 1. The van der Waals surface area contributed by atoms with Crippen LogP contribution in [0, 0.1) is 0 Å². The van der Waals surface area contributed by atoms with Gasteiger partial charge in [0.05, 0.1) is 15.9 Å². The molecular formula is C16H15N3O2S. The van der Waals surface area contributed by atoms with Crippen LogP contribution >= 0.6 is 11.3 Å². The smallest absolute Gasteiger partial charge is 0.270 e. The van der Waals surface area contributed by atoms with E-state index in [1.54, 1.807) is 18.5 Å². The van der Waals surface area contributed by atoms with Gasteiger partial charge in [0.15, 0.2) is 5.78 Å².